The number of aromatic hydroxyl groups is 1. The van der Waals surface area contributed by atoms with Gasteiger partial charge in [0.1, 0.15) is 5.75 Å². The van der Waals surface area contributed by atoms with Crippen LogP contribution in [-0.2, 0) is 18.5 Å². The van der Waals surface area contributed by atoms with Gasteiger partial charge in [0.05, 0.1) is 29.8 Å². The molecule has 3 aromatic carbocycles. The first-order valence-corrected chi connectivity index (χ1v) is 11.6. The van der Waals surface area contributed by atoms with Crippen molar-refractivity contribution in [3.05, 3.63) is 89.0 Å². The lowest BCUT2D eigenvalue weighted by Crippen LogP contribution is -2.28. The van der Waals surface area contributed by atoms with Crippen molar-refractivity contribution in [2.24, 2.45) is 0 Å². The topological polar surface area (TPSA) is 112 Å². The van der Waals surface area contributed by atoms with Gasteiger partial charge in [-0.25, -0.2) is 4.79 Å². The number of carbonyl (C=O) groups excluding carboxylic acids is 1. The number of amides is 1. The molecule has 0 radical (unpaired) electrons. The van der Waals surface area contributed by atoms with Crippen LogP contribution >= 0.6 is 0 Å². The van der Waals surface area contributed by atoms with Crippen LogP contribution in [-0.4, -0.2) is 38.3 Å². The van der Waals surface area contributed by atoms with E-state index < -0.39 is 11.5 Å². The van der Waals surface area contributed by atoms with E-state index in [2.05, 4.69) is 0 Å². The summed E-state index contributed by atoms with van der Waals surface area (Å²) in [5.74, 6) is -0.459. The van der Waals surface area contributed by atoms with E-state index in [9.17, 15) is 19.8 Å². The number of nitrogens with zero attached hydrogens (tertiary/aromatic N) is 3. The molecule has 0 aliphatic heterocycles. The maximum Gasteiger partial charge on any atom is 0.411 e. The van der Waals surface area contributed by atoms with Gasteiger partial charge in [0, 0.05) is 18.2 Å². The fraction of sp³-hybridized carbons (Fsp3) is 0.250. The van der Waals surface area contributed by atoms with Crippen LogP contribution in [0.25, 0.3) is 11.0 Å². The molecule has 0 saturated heterocycles. The molecule has 4 rings (SSSR count). The molecule has 0 aliphatic rings. The number of Topliss-reactive ketones (excluding diaryl/α,β-unsaturated/α-hetero) is 1. The number of carbonyl (C=O) groups is 2. The lowest BCUT2D eigenvalue weighted by atomic mass is 9.84. The third kappa shape index (κ3) is 4.62. The van der Waals surface area contributed by atoms with Crippen molar-refractivity contribution in [1.82, 2.24) is 9.13 Å². The molecule has 3 N–H and O–H groups in total. The van der Waals surface area contributed by atoms with Crippen LogP contribution in [0.5, 0.6) is 5.75 Å². The minimum Gasteiger partial charge on any atom is -0.505 e. The summed E-state index contributed by atoms with van der Waals surface area (Å²) in [6.45, 7) is 6.03. The number of benzene rings is 3. The molecule has 4 aromatic rings. The first kappa shape index (κ1) is 24.8. The third-order valence-corrected chi connectivity index (χ3v) is 6.33. The third-order valence-electron chi connectivity index (χ3n) is 6.33. The van der Waals surface area contributed by atoms with Crippen molar-refractivity contribution in [2.45, 2.75) is 39.3 Å². The largest absolute Gasteiger partial charge is 0.505 e. The van der Waals surface area contributed by atoms with Gasteiger partial charge in [0.15, 0.2) is 5.78 Å². The van der Waals surface area contributed by atoms with Gasteiger partial charge in [-0.2, -0.15) is 0 Å². The Bertz CT molecular complexity index is 1510. The van der Waals surface area contributed by atoms with Gasteiger partial charge in [-0.1, -0.05) is 63.2 Å². The molecule has 36 heavy (non-hydrogen) atoms. The molecular weight excluding hydrogens is 456 g/mol. The Hall–Kier alpha value is -4.33. The number of nitrogens with one attached hydrogen (secondary N) is 1. The number of hydrogen-bond donors (Lipinski definition) is 3. The van der Waals surface area contributed by atoms with E-state index in [4.69, 9.17) is 5.41 Å². The molecule has 0 aliphatic carbocycles. The number of aromatic nitrogens is 2. The highest BCUT2D eigenvalue weighted by Gasteiger charge is 2.26. The standard InChI is InChI=1S/C28H30N4O4/c1-28(2,3)20-14-19(15-23(25(20)34)30(4)27(35)36)24(33)17-32-22-13-9-8-12-21(22)31(26(32)29)16-18-10-6-5-7-11-18/h5-15,29,34H,16-17H2,1-4H3,(H,35,36). The van der Waals surface area contributed by atoms with Gasteiger partial charge < -0.3 is 19.3 Å². The van der Waals surface area contributed by atoms with Crippen molar-refractivity contribution in [3.63, 3.8) is 0 Å². The number of hydrogen-bond acceptors (Lipinski definition) is 4. The van der Waals surface area contributed by atoms with Crippen molar-refractivity contribution in [1.29, 1.82) is 5.41 Å². The molecular formula is C28H30N4O4. The van der Waals surface area contributed by atoms with Gasteiger partial charge >= 0.3 is 6.09 Å². The number of imidazole rings is 1. The Labute approximate surface area is 209 Å². The maximum absolute atomic E-state index is 13.6. The SMILES string of the molecule is CN(C(=O)O)c1cc(C(=O)Cn2c(=N)n(Cc3ccccc3)c3ccccc32)cc(C(C)(C)C)c1O. The minimum atomic E-state index is -1.25. The highest BCUT2D eigenvalue weighted by molar-refractivity contribution is 6.00. The molecule has 0 bridgehead atoms. The molecule has 186 valence electrons. The number of anilines is 1. The van der Waals surface area contributed by atoms with E-state index >= 15 is 0 Å². The molecule has 0 atom stereocenters. The highest BCUT2D eigenvalue weighted by Crippen LogP contribution is 2.39. The Morgan fingerprint density at radius 1 is 0.944 bits per heavy atom. The molecule has 0 spiro atoms. The number of para-hydroxylation sites is 2. The van der Waals surface area contributed by atoms with Crippen LogP contribution < -0.4 is 10.5 Å². The Balaban J connectivity index is 1.80. The second-order valence-electron chi connectivity index (χ2n) is 9.88. The predicted octanol–water partition coefficient (Wildman–Crippen LogP) is 4.97. The van der Waals surface area contributed by atoms with Crippen LogP contribution in [0, 0.1) is 5.41 Å². The molecule has 8 nitrogen and oxygen atoms in total. The van der Waals surface area contributed by atoms with Crippen LogP contribution in [0.4, 0.5) is 10.5 Å². The predicted molar refractivity (Wildman–Crippen MR) is 139 cm³/mol. The lowest BCUT2D eigenvalue weighted by molar-refractivity contribution is 0.0971. The number of rotatable bonds is 6. The normalized spacial score (nSPS) is 11.6. The fourth-order valence-corrected chi connectivity index (χ4v) is 4.33. The van der Waals surface area contributed by atoms with E-state index in [1.54, 1.807) is 10.6 Å². The zero-order chi connectivity index (χ0) is 26.2. The van der Waals surface area contributed by atoms with Gasteiger partial charge in [0.25, 0.3) is 0 Å². The monoisotopic (exact) mass is 486 g/mol. The Morgan fingerprint density at radius 2 is 1.53 bits per heavy atom. The molecule has 1 aromatic heterocycles. The summed E-state index contributed by atoms with van der Waals surface area (Å²) in [4.78, 5) is 26.1. The first-order valence-electron chi connectivity index (χ1n) is 11.6. The van der Waals surface area contributed by atoms with E-state index in [1.807, 2.05) is 79.9 Å². The first-order chi connectivity index (χ1) is 17.0. The van der Waals surface area contributed by atoms with Crippen molar-refractivity contribution in [3.8, 4) is 5.75 Å². The molecule has 0 fully saturated rings. The van der Waals surface area contributed by atoms with Gasteiger partial charge in [0.2, 0.25) is 5.62 Å². The van der Waals surface area contributed by atoms with Crippen LogP contribution in [0.15, 0.2) is 66.7 Å². The summed E-state index contributed by atoms with van der Waals surface area (Å²) >= 11 is 0. The van der Waals surface area contributed by atoms with Crippen LogP contribution in [0.1, 0.15) is 42.3 Å². The highest BCUT2D eigenvalue weighted by atomic mass is 16.4. The van der Waals surface area contributed by atoms with Crippen molar-refractivity contribution < 1.29 is 19.8 Å². The summed E-state index contributed by atoms with van der Waals surface area (Å²) in [5.41, 5.74) is 3.07. The summed E-state index contributed by atoms with van der Waals surface area (Å²) in [7, 11) is 1.33. The van der Waals surface area contributed by atoms with Crippen molar-refractivity contribution >= 4 is 28.6 Å². The number of fused-ring (bicyclic) bond motifs is 1. The molecule has 8 heteroatoms. The van der Waals surface area contributed by atoms with Gasteiger partial charge in [-0.15, -0.1) is 0 Å². The quantitative estimate of drug-likeness (QED) is 0.334. The zero-order valence-electron chi connectivity index (χ0n) is 20.8. The zero-order valence-corrected chi connectivity index (χ0v) is 20.8. The van der Waals surface area contributed by atoms with E-state index in [-0.39, 0.29) is 34.9 Å². The summed E-state index contributed by atoms with van der Waals surface area (Å²) in [6.07, 6.45) is -1.25. The number of carboxylic acid groups (broad SMARTS) is 1. The smallest absolute Gasteiger partial charge is 0.411 e. The summed E-state index contributed by atoms with van der Waals surface area (Å²) in [5, 5.41) is 29.2. The molecule has 0 unspecified atom stereocenters. The average Bonchev–Trinajstić information content (AvgIpc) is 3.09. The van der Waals surface area contributed by atoms with Gasteiger partial charge in [-0.05, 0) is 35.2 Å². The minimum absolute atomic E-state index is 0.0425. The van der Waals surface area contributed by atoms with Crippen LogP contribution in [0.3, 0.4) is 0 Å². The van der Waals surface area contributed by atoms with E-state index in [1.165, 1.54) is 13.1 Å². The fourth-order valence-electron chi connectivity index (χ4n) is 4.33. The van der Waals surface area contributed by atoms with Crippen molar-refractivity contribution in [2.75, 3.05) is 11.9 Å². The maximum atomic E-state index is 13.6. The van der Waals surface area contributed by atoms with Gasteiger partial charge in [-0.3, -0.25) is 15.1 Å². The van der Waals surface area contributed by atoms with Crippen LogP contribution in [0.2, 0.25) is 0 Å². The molecule has 1 amide bonds. The summed E-state index contributed by atoms with van der Waals surface area (Å²) < 4.78 is 3.52. The number of phenols is 1. The lowest BCUT2D eigenvalue weighted by Gasteiger charge is -2.25. The number of phenolic OH excluding ortho intramolecular Hbond substituents is 1. The average molecular weight is 487 g/mol. The second kappa shape index (κ2) is 9.37. The van der Waals surface area contributed by atoms with E-state index in [0.29, 0.717) is 12.1 Å². The Kier molecular flexibility index (Phi) is 6.45. The Morgan fingerprint density at radius 3 is 2.11 bits per heavy atom. The molecule has 1 heterocycles. The second-order valence-corrected chi connectivity index (χ2v) is 9.88. The molecule has 0 saturated carbocycles. The number of ketones is 1. The van der Waals surface area contributed by atoms with E-state index in [0.717, 1.165) is 21.5 Å². The summed E-state index contributed by atoms with van der Waals surface area (Å²) in [6, 6.07) is 20.4.